The maximum Gasteiger partial charge on any atom is 0.213 e. The van der Waals surface area contributed by atoms with Gasteiger partial charge in [-0.15, -0.1) is 0 Å². The van der Waals surface area contributed by atoms with Crippen LogP contribution < -0.4 is 10.0 Å². The predicted octanol–water partition coefficient (Wildman–Crippen LogP) is -0.163. The van der Waals surface area contributed by atoms with Gasteiger partial charge in [0.05, 0.1) is 12.4 Å². The molecule has 2 aliphatic rings. The van der Waals surface area contributed by atoms with Crippen LogP contribution in [0.5, 0.6) is 0 Å². The minimum atomic E-state index is -3.16. The Morgan fingerprint density at radius 1 is 1.31 bits per heavy atom. The molecule has 0 saturated carbocycles. The second-order valence-electron chi connectivity index (χ2n) is 4.61. The van der Waals surface area contributed by atoms with Crippen LogP contribution in [0.1, 0.15) is 25.7 Å². The van der Waals surface area contributed by atoms with Crippen molar-refractivity contribution in [2.75, 3.05) is 25.5 Å². The molecule has 0 bridgehead atoms. The van der Waals surface area contributed by atoms with E-state index in [0.717, 1.165) is 38.8 Å². The molecule has 0 radical (unpaired) electrons. The van der Waals surface area contributed by atoms with E-state index in [1.807, 2.05) is 0 Å². The Kier molecular flexibility index (Phi) is 4.18. The molecule has 6 heteroatoms. The Bertz CT molecular complexity index is 306. The minimum Gasteiger partial charge on any atom is -0.380 e. The van der Waals surface area contributed by atoms with Gasteiger partial charge >= 0.3 is 0 Å². The minimum absolute atomic E-state index is 0.0276. The number of rotatable bonds is 4. The van der Waals surface area contributed by atoms with E-state index in [2.05, 4.69) is 10.0 Å². The van der Waals surface area contributed by atoms with Gasteiger partial charge in [-0.2, -0.15) is 0 Å². The lowest BCUT2D eigenvalue weighted by molar-refractivity contribution is 0.0774. The van der Waals surface area contributed by atoms with Gasteiger partial charge in [0, 0.05) is 18.7 Å². The van der Waals surface area contributed by atoms with E-state index in [4.69, 9.17) is 4.74 Å². The van der Waals surface area contributed by atoms with Crippen LogP contribution in [0.3, 0.4) is 0 Å². The van der Waals surface area contributed by atoms with Crippen molar-refractivity contribution in [1.82, 2.24) is 10.0 Å². The molecule has 2 fully saturated rings. The summed E-state index contributed by atoms with van der Waals surface area (Å²) in [5.41, 5.74) is 0. The third-order valence-corrected chi connectivity index (χ3v) is 4.62. The van der Waals surface area contributed by atoms with Crippen molar-refractivity contribution in [3.05, 3.63) is 0 Å². The highest BCUT2D eigenvalue weighted by Gasteiger charge is 2.25. The summed E-state index contributed by atoms with van der Waals surface area (Å²) in [6.07, 6.45) is 3.86. The van der Waals surface area contributed by atoms with Gasteiger partial charge < -0.3 is 10.1 Å². The van der Waals surface area contributed by atoms with Crippen LogP contribution in [0, 0.1) is 0 Å². The van der Waals surface area contributed by atoms with Crippen LogP contribution in [-0.4, -0.2) is 46.0 Å². The fourth-order valence-electron chi connectivity index (χ4n) is 2.30. The Hall–Kier alpha value is -0.170. The molecule has 2 aliphatic heterocycles. The Morgan fingerprint density at radius 3 is 2.81 bits per heavy atom. The summed E-state index contributed by atoms with van der Waals surface area (Å²) in [6, 6.07) is 0.0992. The molecule has 2 atom stereocenters. The molecule has 2 N–H and O–H groups in total. The monoisotopic (exact) mass is 248 g/mol. The number of hydrogen-bond acceptors (Lipinski definition) is 4. The summed E-state index contributed by atoms with van der Waals surface area (Å²) < 4.78 is 31.7. The third kappa shape index (κ3) is 3.69. The van der Waals surface area contributed by atoms with Crippen molar-refractivity contribution in [2.45, 2.75) is 37.8 Å². The smallest absolute Gasteiger partial charge is 0.213 e. The van der Waals surface area contributed by atoms with E-state index >= 15 is 0 Å². The molecule has 2 heterocycles. The average Bonchev–Trinajstić information content (AvgIpc) is 2.70. The number of sulfonamides is 1. The fourth-order valence-corrected chi connectivity index (χ4v) is 3.90. The summed E-state index contributed by atoms with van der Waals surface area (Å²) in [6.45, 7) is 2.20. The highest BCUT2D eigenvalue weighted by atomic mass is 32.2. The Morgan fingerprint density at radius 2 is 2.19 bits per heavy atom. The predicted molar refractivity (Wildman–Crippen MR) is 61.8 cm³/mol. The van der Waals surface area contributed by atoms with Gasteiger partial charge in [-0.05, 0) is 32.2 Å². The third-order valence-electron chi connectivity index (χ3n) is 3.09. The van der Waals surface area contributed by atoms with E-state index in [0.29, 0.717) is 6.61 Å². The molecule has 16 heavy (non-hydrogen) atoms. The molecule has 0 aliphatic carbocycles. The van der Waals surface area contributed by atoms with Crippen molar-refractivity contribution >= 4 is 10.0 Å². The van der Waals surface area contributed by atoms with E-state index in [1.165, 1.54) is 0 Å². The molecule has 0 aromatic carbocycles. The molecule has 0 aromatic rings. The first-order chi connectivity index (χ1) is 7.66. The standard InChI is InChI=1S/C10H20N2O3S/c13-16(14,8-10-3-1-5-11-10)12-9-4-2-6-15-7-9/h9-12H,1-8H2. The Balaban J connectivity index is 1.81. The maximum atomic E-state index is 11.8. The topological polar surface area (TPSA) is 67.4 Å². The number of nitrogens with one attached hydrogen (secondary N) is 2. The summed E-state index contributed by atoms with van der Waals surface area (Å²) in [5.74, 6) is 0.198. The van der Waals surface area contributed by atoms with Crippen LogP contribution in [0.2, 0.25) is 0 Å². The van der Waals surface area contributed by atoms with Gasteiger partial charge in [0.2, 0.25) is 10.0 Å². The fraction of sp³-hybridized carbons (Fsp3) is 1.00. The lowest BCUT2D eigenvalue weighted by Gasteiger charge is -2.23. The molecular weight excluding hydrogens is 228 g/mol. The van der Waals surface area contributed by atoms with Crippen molar-refractivity contribution < 1.29 is 13.2 Å². The van der Waals surface area contributed by atoms with Gasteiger partial charge in [-0.1, -0.05) is 0 Å². The van der Waals surface area contributed by atoms with Crippen LogP contribution in [0.25, 0.3) is 0 Å². The summed E-state index contributed by atoms with van der Waals surface area (Å²) >= 11 is 0. The molecule has 2 unspecified atom stereocenters. The molecule has 2 rings (SSSR count). The van der Waals surface area contributed by atoms with Crippen LogP contribution >= 0.6 is 0 Å². The molecule has 5 nitrogen and oxygen atoms in total. The molecule has 0 amide bonds. The van der Waals surface area contributed by atoms with E-state index in [1.54, 1.807) is 0 Å². The van der Waals surface area contributed by atoms with Crippen molar-refractivity contribution in [2.24, 2.45) is 0 Å². The zero-order valence-corrected chi connectivity index (χ0v) is 10.3. The number of hydrogen-bond donors (Lipinski definition) is 2. The van der Waals surface area contributed by atoms with Crippen LogP contribution in [-0.2, 0) is 14.8 Å². The number of ether oxygens (including phenoxy) is 1. The van der Waals surface area contributed by atoms with Crippen molar-refractivity contribution in [1.29, 1.82) is 0 Å². The van der Waals surface area contributed by atoms with Crippen LogP contribution in [0.4, 0.5) is 0 Å². The highest BCUT2D eigenvalue weighted by molar-refractivity contribution is 7.89. The average molecular weight is 248 g/mol. The van der Waals surface area contributed by atoms with E-state index < -0.39 is 10.0 Å². The largest absolute Gasteiger partial charge is 0.380 e. The second kappa shape index (κ2) is 5.44. The summed E-state index contributed by atoms with van der Waals surface area (Å²) in [5, 5.41) is 3.20. The maximum absolute atomic E-state index is 11.8. The van der Waals surface area contributed by atoms with E-state index in [9.17, 15) is 8.42 Å². The quantitative estimate of drug-likeness (QED) is 0.725. The zero-order chi connectivity index (χ0) is 11.4. The molecular formula is C10H20N2O3S. The first-order valence-corrected chi connectivity index (χ1v) is 7.62. The molecule has 2 saturated heterocycles. The van der Waals surface area contributed by atoms with E-state index in [-0.39, 0.29) is 17.8 Å². The highest BCUT2D eigenvalue weighted by Crippen LogP contribution is 2.10. The molecule has 0 aromatic heterocycles. The van der Waals surface area contributed by atoms with Crippen molar-refractivity contribution in [3.8, 4) is 0 Å². The lowest BCUT2D eigenvalue weighted by Crippen LogP contribution is -2.44. The van der Waals surface area contributed by atoms with Crippen molar-refractivity contribution in [3.63, 3.8) is 0 Å². The lowest BCUT2D eigenvalue weighted by atomic mass is 10.1. The zero-order valence-electron chi connectivity index (χ0n) is 9.44. The van der Waals surface area contributed by atoms with Gasteiger partial charge in [0.15, 0.2) is 0 Å². The van der Waals surface area contributed by atoms with Gasteiger partial charge in [0.25, 0.3) is 0 Å². The van der Waals surface area contributed by atoms with Gasteiger partial charge in [-0.25, -0.2) is 13.1 Å². The van der Waals surface area contributed by atoms with Crippen LogP contribution in [0.15, 0.2) is 0 Å². The summed E-state index contributed by atoms with van der Waals surface area (Å²) in [4.78, 5) is 0. The second-order valence-corrected chi connectivity index (χ2v) is 6.41. The first kappa shape index (κ1) is 12.3. The first-order valence-electron chi connectivity index (χ1n) is 5.97. The normalized spacial score (nSPS) is 31.8. The SMILES string of the molecule is O=S(=O)(CC1CCCN1)NC1CCCOC1. The van der Waals surface area contributed by atoms with Gasteiger partial charge in [0.1, 0.15) is 0 Å². The van der Waals surface area contributed by atoms with Gasteiger partial charge in [-0.3, -0.25) is 0 Å². The summed E-state index contributed by atoms with van der Waals surface area (Å²) in [7, 11) is -3.16. The Labute approximate surface area is 97.0 Å². The molecule has 94 valence electrons. The molecule has 0 spiro atoms.